The van der Waals surface area contributed by atoms with E-state index in [0.717, 1.165) is 23.3 Å². The highest BCUT2D eigenvalue weighted by Gasteiger charge is 2.16. The van der Waals surface area contributed by atoms with E-state index in [1.807, 2.05) is 11.0 Å². The summed E-state index contributed by atoms with van der Waals surface area (Å²) in [7, 11) is 0. The van der Waals surface area contributed by atoms with Crippen LogP contribution in [-0.2, 0) is 29.0 Å². The molecule has 0 saturated heterocycles. The normalized spacial score (nSPS) is 15.0. The molecule has 2 bridgehead atoms. The molecule has 0 saturated carbocycles. The Bertz CT molecular complexity index is 985. The minimum absolute atomic E-state index is 0.0475. The molecule has 2 heterocycles. The van der Waals surface area contributed by atoms with Gasteiger partial charge in [-0.3, -0.25) is 4.79 Å². The molecule has 0 spiro atoms. The Morgan fingerprint density at radius 2 is 2.00 bits per heavy atom. The molecule has 0 radical (unpaired) electrons. The van der Waals surface area contributed by atoms with Crippen LogP contribution in [0, 0.1) is 6.92 Å². The van der Waals surface area contributed by atoms with Gasteiger partial charge in [0, 0.05) is 31.9 Å². The van der Waals surface area contributed by atoms with Gasteiger partial charge in [-0.15, -0.1) is 0 Å². The fourth-order valence-corrected chi connectivity index (χ4v) is 3.68. The van der Waals surface area contributed by atoms with Gasteiger partial charge in [0.15, 0.2) is 0 Å². The number of aromatic nitrogens is 2. The Kier molecular flexibility index (Phi) is 6.44. The van der Waals surface area contributed by atoms with Crippen LogP contribution in [0.3, 0.4) is 0 Å². The lowest BCUT2D eigenvalue weighted by Crippen LogP contribution is -2.36. The zero-order valence-corrected chi connectivity index (χ0v) is 17.3. The lowest BCUT2D eigenvalue weighted by molar-refractivity contribution is -0.133. The second-order valence-corrected chi connectivity index (χ2v) is 7.62. The number of benzene rings is 2. The van der Waals surface area contributed by atoms with Crippen LogP contribution in [0.2, 0.25) is 0 Å². The minimum atomic E-state index is 0.0475. The van der Waals surface area contributed by atoms with Gasteiger partial charge in [-0.2, -0.15) is 0 Å². The summed E-state index contributed by atoms with van der Waals surface area (Å²) in [6.45, 7) is 4.90. The summed E-state index contributed by atoms with van der Waals surface area (Å²) >= 11 is 0. The number of ether oxygens (including phenoxy) is 2. The van der Waals surface area contributed by atoms with E-state index in [1.165, 1.54) is 11.1 Å². The van der Waals surface area contributed by atoms with Crippen LogP contribution in [0.4, 0.5) is 0 Å². The lowest BCUT2D eigenvalue weighted by Gasteiger charge is -2.24. The molecule has 3 aromatic rings. The van der Waals surface area contributed by atoms with E-state index in [1.54, 1.807) is 23.3 Å². The van der Waals surface area contributed by atoms with E-state index in [0.29, 0.717) is 32.9 Å². The summed E-state index contributed by atoms with van der Waals surface area (Å²) in [6, 6.07) is 14.7. The van der Waals surface area contributed by atoms with Gasteiger partial charge >= 0.3 is 0 Å². The van der Waals surface area contributed by atoms with Gasteiger partial charge in [0.05, 0.1) is 19.5 Å². The third kappa shape index (κ3) is 5.27. The molecule has 1 aliphatic heterocycles. The van der Waals surface area contributed by atoms with Gasteiger partial charge in [0.1, 0.15) is 18.9 Å². The van der Waals surface area contributed by atoms with Crippen molar-refractivity contribution in [1.82, 2.24) is 14.5 Å². The summed E-state index contributed by atoms with van der Waals surface area (Å²) in [5.74, 6) is 0.954. The smallest absolute Gasteiger partial charge is 0.242 e. The number of hydrogen-bond acceptors (Lipinski definition) is 4. The minimum Gasteiger partial charge on any atom is -0.491 e. The van der Waals surface area contributed by atoms with Crippen LogP contribution in [0.5, 0.6) is 5.75 Å². The van der Waals surface area contributed by atoms with Gasteiger partial charge < -0.3 is 18.9 Å². The van der Waals surface area contributed by atoms with E-state index in [9.17, 15) is 4.79 Å². The van der Waals surface area contributed by atoms with Crippen molar-refractivity contribution in [3.63, 3.8) is 0 Å². The van der Waals surface area contributed by atoms with Crippen molar-refractivity contribution in [2.45, 2.75) is 26.4 Å². The molecule has 6 nitrogen and oxygen atoms in total. The average Bonchev–Trinajstić information content (AvgIpc) is 3.24. The maximum Gasteiger partial charge on any atom is 0.242 e. The maximum atomic E-state index is 12.9. The molecule has 0 N–H and O–H groups in total. The van der Waals surface area contributed by atoms with E-state index in [-0.39, 0.29) is 12.5 Å². The quantitative estimate of drug-likeness (QED) is 0.657. The molecule has 1 amide bonds. The van der Waals surface area contributed by atoms with Crippen molar-refractivity contribution in [3.8, 4) is 5.75 Å². The highest BCUT2D eigenvalue weighted by atomic mass is 16.5. The second-order valence-electron chi connectivity index (χ2n) is 7.62. The van der Waals surface area contributed by atoms with Crippen molar-refractivity contribution in [3.05, 3.63) is 83.4 Å². The van der Waals surface area contributed by atoms with Crippen molar-refractivity contribution >= 4 is 5.91 Å². The number of hydrogen-bond donors (Lipinski definition) is 0. The van der Waals surface area contributed by atoms with Crippen LogP contribution in [0.15, 0.2) is 61.2 Å². The molecular formula is C24H27N3O3. The van der Waals surface area contributed by atoms with Crippen LogP contribution in [0.25, 0.3) is 0 Å². The van der Waals surface area contributed by atoms with Gasteiger partial charge in [-0.25, -0.2) is 4.98 Å². The van der Waals surface area contributed by atoms with Gasteiger partial charge in [-0.05, 0) is 29.7 Å². The summed E-state index contributed by atoms with van der Waals surface area (Å²) < 4.78 is 13.5. The molecule has 0 unspecified atom stereocenters. The van der Waals surface area contributed by atoms with E-state index in [2.05, 4.69) is 48.3 Å². The molecule has 0 atom stereocenters. The van der Waals surface area contributed by atoms with E-state index < -0.39 is 0 Å². The Hall–Kier alpha value is -3.12. The topological polar surface area (TPSA) is 56.6 Å². The monoisotopic (exact) mass is 405 g/mol. The first kappa shape index (κ1) is 20.2. The Balaban J connectivity index is 1.57. The number of carbonyl (C=O) groups is 1. The highest BCUT2D eigenvalue weighted by Crippen LogP contribution is 2.24. The molecule has 1 aliphatic rings. The van der Waals surface area contributed by atoms with Crippen molar-refractivity contribution in [1.29, 1.82) is 0 Å². The maximum absolute atomic E-state index is 12.9. The summed E-state index contributed by atoms with van der Waals surface area (Å²) in [6.07, 6.45) is 5.93. The first-order valence-electron chi connectivity index (χ1n) is 10.3. The zero-order valence-electron chi connectivity index (χ0n) is 17.3. The number of imidazole rings is 1. The largest absolute Gasteiger partial charge is 0.491 e. The average molecular weight is 405 g/mol. The summed E-state index contributed by atoms with van der Waals surface area (Å²) in [5.41, 5.74) is 4.69. The van der Waals surface area contributed by atoms with E-state index >= 15 is 0 Å². The van der Waals surface area contributed by atoms with Crippen LogP contribution < -0.4 is 4.74 Å². The molecule has 30 heavy (non-hydrogen) atoms. The molecule has 2 aromatic carbocycles. The number of fused-ring (bicyclic) bond motifs is 3. The predicted molar refractivity (Wildman–Crippen MR) is 114 cm³/mol. The van der Waals surface area contributed by atoms with Crippen LogP contribution in [0.1, 0.15) is 22.3 Å². The molecular weight excluding hydrogens is 378 g/mol. The summed E-state index contributed by atoms with van der Waals surface area (Å²) in [4.78, 5) is 18.8. The standard InChI is InChI=1S/C24H27N3O3/c1-19-5-6-23-22(13-19)15-20-3-2-4-21(14-20)16-27(9-10-29-11-12-30-23)24(28)17-26-8-7-25-18-26/h2-8,13-14,18H,9-12,15-17H2,1H3. The first-order valence-corrected chi connectivity index (χ1v) is 10.3. The Morgan fingerprint density at radius 1 is 1.10 bits per heavy atom. The third-order valence-corrected chi connectivity index (χ3v) is 5.20. The molecule has 156 valence electrons. The second kappa shape index (κ2) is 9.59. The van der Waals surface area contributed by atoms with Gasteiger partial charge in [0.25, 0.3) is 0 Å². The number of carbonyl (C=O) groups excluding carboxylic acids is 1. The first-order chi connectivity index (χ1) is 14.7. The van der Waals surface area contributed by atoms with Crippen LogP contribution >= 0.6 is 0 Å². The van der Waals surface area contributed by atoms with Crippen molar-refractivity contribution in [2.24, 2.45) is 0 Å². The van der Waals surface area contributed by atoms with Gasteiger partial charge in [-0.1, -0.05) is 42.0 Å². The number of aryl methyl sites for hydroxylation is 1. The molecule has 0 aliphatic carbocycles. The molecule has 1 aromatic heterocycles. The molecule has 0 fully saturated rings. The van der Waals surface area contributed by atoms with Crippen molar-refractivity contribution < 1.29 is 14.3 Å². The zero-order chi connectivity index (χ0) is 20.8. The number of rotatable bonds is 2. The van der Waals surface area contributed by atoms with Gasteiger partial charge in [0.2, 0.25) is 5.91 Å². The van der Waals surface area contributed by atoms with Crippen LogP contribution in [-0.4, -0.2) is 46.7 Å². The Morgan fingerprint density at radius 3 is 2.87 bits per heavy atom. The van der Waals surface area contributed by atoms with Crippen molar-refractivity contribution in [2.75, 3.05) is 26.4 Å². The number of nitrogens with zero attached hydrogens (tertiary/aromatic N) is 3. The fraction of sp³-hybridized carbons (Fsp3) is 0.333. The Labute approximate surface area is 177 Å². The highest BCUT2D eigenvalue weighted by molar-refractivity contribution is 5.76. The molecule has 6 heteroatoms. The number of amides is 1. The molecule has 4 rings (SSSR count). The SMILES string of the molecule is Cc1ccc2c(c1)Cc1cccc(c1)CN(C(=O)Cn1ccnc1)CCOCCO2. The van der Waals surface area contributed by atoms with E-state index in [4.69, 9.17) is 9.47 Å². The summed E-state index contributed by atoms with van der Waals surface area (Å²) in [5, 5.41) is 0. The lowest BCUT2D eigenvalue weighted by atomic mass is 10.0. The third-order valence-electron chi connectivity index (χ3n) is 5.20. The predicted octanol–water partition coefficient (Wildman–Crippen LogP) is 3.22. The fourth-order valence-electron chi connectivity index (χ4n) is 3.68.